The van der Waals surface area contributed by atoms with E-state index in [9.17, 15) is 0 Å². The van der Waals surface area contributed by atoms with Crippen LogP contribution in [-0.4, -0.2) is 31.2 Å². The molecule has 0 unspecified atom stereocenters. The molecule has 98 valence electrons. The second-order valence-electron chi connectivity index (χ2n) is 6.31. The number of rotatable bonds is 3. The maximum atomic E-state index is 6.00. The lowest BCUT2D eigenvalue weighted by molar-refractivity contribution is -0.220. The summed E-state index contributed by atoms with van der Waals surface area (Å²) < 4.78 is 17.0. The van der Waals surface area contributed by atoms with Gasteiger partial charge in [-0.2, -0.15) is 0 Å². The molecule has 1 aliphatic heterocycles. The molecule has 0 radical (unpaired) electrons. The fourth-order valence-corrected chi connectivity index (χ4v) is 2.85. The van der Waals surface area contributed by atoms with Crippen LogP contribution in [0.1, 0.15) is 41.0 Å². The van der Waals surface area contributed by atoms with Gasteiger partial charge in [0.05, 0.1) is 12.7 Å². The molecule has 0 aromatic heterocycles. The van der Waals surface area contributed by atoms with Crippen molar-refractivity contribution < 1.29 is 14.2 Å². The Bertz CT molecular complexity index is 337. The number of methoxy groups -OCH3 is 1. The lowest BCUT2D eigenvalue weighted by atomic mass is 9.67. The van der Waals surface area contributed by atoms with Gasteiger partial charge < -0.3 is 14.2 Å². The lowest BCUT2D eigenvalue weighted by Gasteiger charge is -2.41. The van der Waals surface area contributed by atoms with Crippen LogP contribution in [0.5, 0.6) is 0 Å². The monoisotopic (exact) mass is 240 g/mol. The van der Waals surface area contributed by atoms with Gasteiger partial charge in [-0.1, -0.05) is 19.9 Å². The maximum Gasteiger partial charge on any atom is 0.163 e. The predicted molar refractivity (Wildman–Crippen MR) is 66.8 cm³/mol. The standard InChI is InChI=1S/C14H24O3/c1-10-7-11(17-13(4,5)15-6)8-12(2,3)14(10)9-16-14/h7,11H,8-9H2,1-6H3/t11-,14-/m1/s1. The molecule has 2 atom stereocenters. The highest BCUT2D eigenvalue weighted by Gasteiger charge is 2.60. The second kappa shape index (κ2) is 3.81. The molecule has 0 amide bonds. The SMILES string of the molecule is COC(C)(C)O[C@@H]1C=C(C)[C@]2(CO2)C(C)(C)C1. The van der Waals surface area contributed by atoms with E-state index in [0.29, 0.717) is 0 Å². The van der Waals surface area contributed by atoms with E-state index in [2.05, 4.69) is 26.8 Å². The van der Waals surface area contributed by atoms with Crippen LogP contribution in [0.15, 0.2) is 11.6 Å². The van der Waals surface area contributed by atoms with Crippen LogP contribution in [0.4, 0.5) is 0 Å². The molecule has 1 saturated heterocycles. The van der Waals surface area contributed by atoms with E-state index in [1.807, 2.05) is 13.8 Å². The first-order valence-corrected chi connectivity index (χ1v) is 6.28. The molecule has 0 N–H and O–H groups in total. The van der Waals surface area contributed by atoms with Gasteiger partial charge in [-0.15, -0.1) is 0 Å². The molecule has 3 heteroatoms. The summed E-state index contributed by atoms with van der Waals surface area (Å²) in [6, 6.07) is 0. The molecule has 0 saturated carbocycles. The van der Waals surface area contributed by atoms with Gasteiger partial charge in [-0.05, 0) is 32.8 Å². The zero-order valence-corrected chi connectivity index (χ0v) is 11.8. The van der Waals surface area contributed by atoms with E-state index in [1.54, 1.807) is 7.11 Å². The van der Waals surface area contributed by atoms with E-state index in [-0.39, 0.29) is 17.1 Å². The Morgan fingerprint density at radius 2 is 2.00 bits per heavy atom. The van der Waals surface area contributed by atoms with Crippen molar-refractivity contribution in [2.24, 2.45) is 5.41 Å². The smallest absolute Gasteiger partial charge is 0.163 e. The van der Waals surface area contributed by atoms with E-state index in [0.717, 1.165) is 13.0 Å². The average Bonchev–Trinajstić information content (AvgIpc) is 2.95. The molecule has 0 aromatic carbocycles. The zero-order valence-electron chi connectivity index (χ0n) is 11.8. The van der Waals surface area contributed by atoms with Crippen LogP contribution in [0, 0.1) is 5.41 Å². The number of hydrogen-bond donors (Lipinski definition) is 0. The van der Waals surface area contributed by atoms with Gasteiger partial charge in [0.1, 0.15) is 5.60 Å². The Balaban J connectivity index is 2.16. The third-order valence-electron chi connectivity index (χ3n) is 4.24. The Labute approximate surface area is 104 Å². The minimum Gasteiger partial charge on any atom is -0.364 e. The first-order chi connectivity index (χ1) is 7.72. The lowest BCUT2D eigenvalue weighted by Crippen LogP contribution is -2.44. The molecule has 1 aliphatic carbocycles. The van der Waals surface area contributed by atoms with Crippen molar-refractivity contribution in [2.75, 3.05) is 13.7 Å². The third-order valence-corrected chi connectivity index (χ3v) is 4.24. The highest BCUT2D eigenvalue weighted by atomic mass is 16.7. The Kier molecular flexibility index (Phi) is 2.92. The summed E-state index contributed by atoms with van der Waals surface area (Å²) in [7, 11) is 1.68. The first kappa shape index (κ1) is 13.1. The number of ether oxygens (including phenoxy) is 3. The minimum absolute atomic E-state index is 0.0237. The summed E-state index contributed by atoms with van der Waals surface area (Å²) >= 11 is 0. The van der Waals surface area contributed by atoms with Crippen LogP contribution in [0.2, 0.25) is 0 Å². The van der Waals surface area contributed by atoms with E-state index in [4.69, 9.17) is 14.2 Å². The van der Waals surface area contributed by atoms with Crippen molar-refractivity contribution in [2.45, 2.75) is 58.5 Å². The van der Waals surface area contributed by atoms with E-state index >= 15 is 0 Å². The van der Waals surface area contributed by atoms with Crippen LogP contribution in [0.3, 0.4) is 0 Å². The largest absolute Gasteiger partial charge is 0.364 e. The van der Waals surface area contributed by atoms with Gasteiger partial charge in [-0.3, -0.25) is 0 Å². The first-order valence-electron chi connectivity index (χ1n) is 6.28. The molecular weight excluding hydrogens is 216 g/mol. The van der Waals surface area contributed by atoms with Gasteiger partial charge in [0.15, 0.2) is 5.79 Å². The average molecular weight is 240 g/mol. The van der Waals surface area contributed by atoms with E-state index < -0.39 is 5.79 Å². The van der Waals surface area contributed by atoms with Crippen molar-refractivity contribution in [3.63, 3.8) is 0 Å². The number of epoxide rings is 1. The molecular formula is C14H24O3. The maximum absolute atomic E-state index is 6.00. The van der Waals surface area contributed by atoms with Crippen LogP contribution >= 0.6 is 0 Å². The molecule has 17 heavy (non-hydrogen) atoms. The van der Waals surface area contributed by atoms with Gasteiger partial charge in [0, 0.05) is 12.5 Å². The predicted octanol–water partition coefficient (Wildman–Crippen LogP) is 2.90. The van der Waals surface area contributed by atoms with Crippen LogP contribution in [0.25, 0.3) is 0 Å². The fraction of sp³-hybridized carbons (Fsp3) is 0.857. The summed E-state index contributed by atoms with van der Waals surface area (Å²) in [6.07, 6.45) is 3.27. The molecule has 1 fully saturated rings. The van der Waals surface area contributed by atoms with Crippen LogP contribution in [-0.2, 0) is 14.2 Å². The van der Waals surface area contributed by atoms with Crippen molar-refractivity contribution in [3.05, 3.63) is 11.6 Å². The third kappa shape index (κ3) is 2.16. The molecule has 1 spiro atoms. The molecule has 0 bridgehead atoms. The van der Waals surface area contributed by atoms with Crippen molar-refractivity contribution in [3.8, 4) is 0 Å². The summed E-state index contributed by atoms with van der Waals surface area (Å²) in [5, 5.41) is 0. The molecule has 2 rings (SSSR count). The highest BCUT2D eigenvalue weighted by Crippen LogP contribution is 2.55. The second-order valence-corrected chi connectivity index (χ2v) is 6.31. The quantitative estimate of drug-likeness (QED) is 0.432. The van der Waals surface area contributed by atoms with Gasteiger partial charge >= 0.3 is 0 Å². The van der Waals surface area contributed by atoms with Crippen molar-refractivity contribution in [1.82, 2.24) is 0 Å². The molecule has 2 aliphatic rings. The Morgan fingerprint density at radius 1 is 1.41 bits per heavy atom. The summed E-state index contributed by atoms with van der Waals surface area (Å²) in [6.45, 7) is 11.4. The summed E-state index contributed by atoms with van der Waals surface area (Å²) in [5.41, 5.74) is 1.40. The van der Waals surface area contributed by atoms with Crippen molar-refractivity contribution >= 4 is 0 Å². The highest BCUT2D eigenvalue weighted by molar-refractivity contribution is 5.31. The molecule has 1 heterocycles. The zero-order chi connectivity index (χ0) is 12.9. The van der Waals surface area contributed by atoms with Gasteiger partial charge in [0.25, 0.3) is 0 Å². The summed E-state index contributed by atoms with van der Waals surface area (Å²) in [4.78, 5) is 0. The molecule has 3 nitrogen and oxygen atoms in total. The number of hydrogen-bond acceptors (Lipinski definition) is 3. The Hall–Kier alpha value is -0.380. The Morgan fingerprint density at radius 3 is 2.41 bits per heavy atom. The normalized spacial score (nSPS) is 35.9. The van der Waals surface area contributed by atoms with Gasteiger partial charge in [-0.25, -0.2) is 0 Å². The molecule has 0 aromatic rings. The van der Waals surface area contributed by atoms with Gasteiger partial charge in [0.2, 0.25) is 0 Å². The fourth-order valence-electron chi connectivity index (χ4n) is 2.85. The van der Waals surface area contributed by atoms with E-state index in [1.165, 1.54) is 5.57 Å². The van der Waals surface area contributed by atoms with Crippen molar-refractivity contribution in [1.29, 1.82) is 0 Å². The van der Waals surface area contributed by atoms with Crippen LogP contribution < -0.4 is 0 Å². The minimum atomic E-state index is -0.535. The topological polar surface area (TPSA) is 31.0 Å². The summed E-state index contributed by atoms with van der Waals surface area (Å²) in [5.74, 6) is -0.535.